The number of β-amino-alcohol motifs (C(OH)–C–C–N with tert-alkyl or cyclic N) is 1. The van der Waals surface area contributed by atoms with E-state index in [2.05, 4.69) is 15.5 Å². The van der Waals surface area contributed by atoms with Crippen molar-refractivity contribution in [3.8, 4) is 5.75 Å². The predicted molar refractivity (Wildman–Crippen MR) is 95.1 cm³/mol. The molecule has 0 aliphatic carbocycles. The van der Waals surface area contributed by atoms with Crippen molar-refractivity contribution in [2.75, 3.05) is 32.8 Å². The third-order valence-corrected chi connectivity index (χ3v) is 4.33. The summed E-state index contributed by atoms with van der Waals surface area (Å²) in [5, 5.41) is 29.1. The summed E-state index contributed by atoms with van der Waals surface area (Å²) in [7, 11) is 0. The fourth-order valence-electron chi connectivity index (χ4n) is 2.86. The van der Waals surface area contributed by atoms with E-state index in [1.54, 1.807) is 12.1 Å². The van der Waals surface area contributed by atoms with Crippen LogP contribution in [0.1, 0.15) is 16.1 Å². The van der Waals surface area contributed by atoms with Crippen LogP contribution in [0.3, 0.4) is 0 Å². The van der Waals surface area contributed by atoms with Gasteiger partial charge in [-0.3, -0.25) is 14.7 Å². The van der Waals surface area contributed by atoms with Gasteiger partial charge in [0.1, 0.15) is 17.0 Å². The lowest BCUT2D eigenvalue weighted by Crippen LogP contribution is -2.53. The third kappa shape index (κ3) is 5.05. The van der Waals surface area contributed by atoms with Crippen molar-refractivity contribution >= 4 is 11.8 Å². The summed E-state index contributed by atoms with van der Waals surface area (Å²) in [5.41, 5.74) is -0.343. The van der Waals surface area contributed by atoms with Crippen molar-refractivity contribution < 1.29 is 24.5 Å². The predicted octanol–water partition coefficient (Wildman–Crippen LogP) is -0.322. The number of hydrogen-bond acceptors (Lipinski definition) is 6. The molecule has 0 radical (unpaired) electrons. The number of aromatic hydroxyl groups is 1. The highest BCUT2D eigenvalue weighted by atomic mass is 16.5. The minimum absolute atomic E-state index is 0.0131. The SMILES string of the molecule is O=C(NC[C@]1(O)COCCN(C(=O)Cc2ccc(O)cc2)C1)c1ccn[nH]1. The van der Waals surface area contributed by atoms with Crippen molar-refractivity contribution in [3.63, 3.8) is 0 Å². The van der Waals surface area contributed by atoms with Gasteiger partial charge >= 0.3 is 0 Å². The Kier molecular flexibility index (Phi) is 5.72. The van der Waals surface area contributed by atoms with Crippen LogP contribution in [0.5, 0.6) is 5.75 Å². The van der Waals surface area contributed by atoms with Crippen molar-refractivity contribution in [1.29, 1.82) is 0 Å². The Morgan fingerprint density at radius 3 is 2.78 bits per heavy atom. The van der Waals surface area contributed by atoms with Gasteiger partial charge in [0.25, 0.3) is 5.91 Å². The van der Waals surface area contributed by atoms with E-state index in [-0.39, 0.29) is 43.5 Å². The van der Waals surface area contributed by atoms with Crippen LogP contribution < -0.4 is 5.32 Å². The number of benzene rings is 1. The molecule has 1 aromatic carbocycles. The average molecular weight is 374 g/mol. The number of H-pyrrole nitrogens is 1. The van der Waals surface area contributed by atoms with Crippen LogP contribution in [-0.4, -0.2) is 75.6 Å². The zero-order valence-electron chi connectivity index (χ0n) is 14.7. The normalized spacial score (nSPS) is 20.1. The lowest BCUT2D eigenvalue weighted by molar-refractivity contribution is -0.133. The third-order valence-electron chi connectivity index (χ3n) is 4.33. The van der Waals surface area contributed by atoms with E-state index >= 15 is 0 Å². The molecular weight excluding hydrogens is 352 g/mol. The molecular formula is C18H22N4O5. The summed E-state index contributed by atoms with van der Waals surface area (Å²) in [4.78, 5) is 26.2. The van der Waals surface area contributed by atoms with Gasteiger partial charge in [-0.2, -0.15) is 5.10 Å². The van der Waals surface area contributed by atoms with E-state index < -0.39 is 11.5 Å². The van der Waals surface area contributed by atoms with Crippen molar-refractivity contribution in [2.45, 2.75) is 12.0 Å². The summed E-state index contributed by atoms with van der Waals surface area (Å²) >= 11 is 0. The molecule has 0 unspecified atom stereocenters. The molecule has 2 aromatic rings. The number of phenolic OH excluding ortho intramolecular Hbond substituents is 1. The first-order chi connectivity index (χ1) is 13.0. The van der Waals surface area contributed by atoms with Gasteiger partial charge in [0.05, 0.1) is 32.7 Å². The molecule has 9 nitrogen and oxygen atoms in total. The zero-order chi connectivity index (χ0) is 19.3. The van der Waals surface area contributed by atoms with E-state index in [0.29, 0.717) is 13.2 Å². The lowest BCUT2D eigenvalue weighted by atomic mass is 10.0. The second-order valence-electron chi connectivity index (χ2n) is 6.59. The van der Waals surface area contributed by atoms with Crippen LogP contribution in [0.25, 0.3) is 0 Å². The molecule has 1 atom stereocenters. The number of rotatable bonds is 5. The largest absolute Gasteiger partial charge is 0.508 e. The summed E-state index contributed by atoms with van der Waals surface area (Å²) < 4.78 is 5.43. The Morgan fingerprint density at radius 2 is 2.07 bits per heavy atom. The fourth-order valence-corrected chi connectivity index (χ4v) is 2.86. The van der Waals surface area contributed by atoms with Crippen LogP contribution in [0.15, 0.2) is 36.5 Å². The first kappa shape index (κ1) is 18.9. The van der Waals surface area contributed by atoms with Crippen LogP contribution in [0.2, 0.25) is 0 Å². The Morgan fingerprint density at radius 1 is 1.30 bits per heavy atom. The summed E-state index contributed by atoms with van der Waals surface area (Å²) in [5.74, 6) is -0.423. The van der Waals surface area contributed by atoms with Crippen molar-refractivity contribution in [2.24, 2.45) is 0 Å². The molecule has 27 heavy (non-hydrogen) atoms. The van der Waals surface area contributed by atoms with Gasteiger partial charge < -0.3 is 25.2 Å². The highest BCUT2D eigenvalue weighted by Gasteiger charge is 2.35. The zero-order valence-corrected chi connectivity index (χ0v) is 14.7. The number of aromatic nitrogens is 2. The van der Waals surface area contributed by atoms with E-state index in [1.807, 2.05) is 0 Å². The molecule has 2 amide bonds. The average Bonchev–Trinajstić information content (AvgIpc) is 3.12. The fraction of sp³-hybridized carbons (Fsp3) is 0.389. The molecule has 4 N–H and O–H groups in total. The molecule has 9 heteroatoms. The molecule has 0 bridgehead atoms. The molecule has 144 valence electrons. The number of carbonyl (C=O) groups excluding carboxylic acids is 2. The van der Waals surface area contributed by atoms with Crippen LogP contribution in [-0.2, 0) is 16.0 Å². The number of aromatic amines is 1. The van der Waals surface area contributed by atoms with Crippen LogP contribution in [0, 0.1) is 0 Å². The quantitative estimate of drug-likeness (QED) is 0.568. The Hall–Kier alpha value is -2.91. The molecule has 1 fully saturated rings. The molecule has 0 saturated carbocycles. The van der Waals surface area contributed by atoms with Gasteiger partial charge in [-0.05, 0) is 23.8 Å². The van der Waals surface area contributed by atoms with E-state index in [9.17, 15) is 19.8 Å². The Bertz CT molecular complexity index is 778. The maximum Gasteiger partial charge on any atom is 0.269 e. The van der Waals surface area contributed by atoms with Crippen LogP contribution >= 0.6 is 0 Å². The standard InChI is InChI=1S/C18H22N4O5/c23-14-3-1-13(2-4-14)9-16(24)22-7-8-27-12-18(26,11-22)10-19-17(25)15-5-6-20-21-15/h1-6,23,26H,7-12H2,(H,19,25)(H,20,21)/t18-/m1/s1. The van der Waals surface area contributed by atoms with Gasteiger partial charge in [-0.15, -0.1) is 0 Å². The lowest BCUT2D eigenvalue weighted by Gasteiger charge is -2.31. The minimum atomic E-state index is -1.39. The maximum absolute atomic E-state index is 12.6. The first-order valence-corrected chi connectivity index (χ1v) is 8.59. The second kappa shape index (κ2) is 8.19. The summed E-state index contributed by atoms with van der Waals surface area (Å²) in [6.07, 6.45) is 1.61. The number of aliphatic hydroxyl groups is 1. The van der Waals surface area contributed by atoms with Gasteiger partial charge in [0, 0.05) is 12.7 Å². The van der Waals surface area contributed by atoms with Gasteiger partial charge in [0.15, 0.2) is 0 Å². The topological polar surface area (TPSA) is 128 Å². The monoisotopic (exact) mass is 374 g/mol. The van der Waals surface area contributed by atoms with E-state index in [1.165, 1.54) is 29.3 Å². The number of phenols is 1. The number of nitrogens with zero attached hydrogens (tertiary/aromatic N) is 2. The Labute approximate surface area is 155 Å². The number of amides is 2. The molecule has 1 saturated heterocycles. The number of hydrogen-bond donors (Lipinski definition) is 4. The second-order valence-corrected chi connectivity index (χ2v) is 6.59. The molecule has 1 aliphatic rings. The van der Waals surface area contributed by atoms with E-state index in [0.717, 1.165) is 5.56 Å². The maximum atomic E-state index is 12.6. The van der Waals surface area contributed by atoms with E-state index in [4.69, 9.17) is 4.74 Å². The number of carbonyl (C=O) groups is 2. The van der Waals surface area contributed by atoms with Gasteiger partial charge in [0.2, 0.25) is 5.91 Å². The Balaban J connectivity index is 1.60. The number of ether oxygens (including phenoxy) is 1. The van der Waals surface area contributed by atoms with Crippen molar-refractivity contribution in [1.82, 2.24) is 20.4 Å². The van der Waals surface area contributed by atoms with Gasteiger partial charge in [-0.25, -0.2) is 0 Å². The van der Waals surface area contributed by atoms with Gasteiger partial charge in [-0.1, -0.05) is 12.1 Å². The molecule has 2 heterocycles. The minimum Gasteiger partial charge on any atom is -0.508 e. The highest BCUT2D eigenvalue weighted by molar-refractivity contribution is 5.92. The molecule has 1 aromatic heterocycles. The molecule has 0 spiro atoms. The highest BCUT2D eigenvalue weighted by Crippen LogP contribution is 2.15. The molecule has 1 aliphatic heterocycles. The molecule has 3 rings (SSSR count). The summed E-state index contributed by atoms with van der Waals surface area (Å²) in [6, 6.07) is 7.93. The first-order valence-electron chi connectivity index (χ1n) is 8.59. The smallest absolute Gasteiger partial charge is 0.269 e. The number of nitrogens with one attached hydrogen (secondary N) is 2. The summed E-state index contributed by atoms with van der Waals surface area (Å²) in [6.45, 7) is 0.659. The van der Waals surface area contributed by atoms with Crippen LogP contribution in [0.4, 0.5) is 0 Å². The van der Waals surface area contributed by atoms with Crippen molar-refractivity contribution in [3.05, 3.63) is 47.8 Å².